The Bertz CT molecular complexity index is 1160. The fourth-order valence-electron chi connectivity index (χ4n) is 3.56. The molecule has 1 heterocycles. The molecule has 0 atom stereocenters. The quantitative estimate of drug-likeness (QED) is 0.271. The number of fused-ring (bicyclic) bond motifs is 1. The third-order valence-electron chi connectivity index (χ3n) is 5.32. The summed E-state index contributed by atoms with van der Waals surface area (Å²) in [5.74, 6) is 2.39. The van der Waals surface area contributed by atoms with Crippen molar-refractivity contribution in [2.24, 2.45) is 0 Å². The van der Waals surface area contributed by atoms with Crippen molar-refractivity contribution in [3.05, 3.63) is 94.8 Å². The molecule has 1 aromatic heterocycles. The van der Waals surface area contributed by atoms with E-state index >= 15 is 0 Å². The highest BCUT2D eigenvalue weighted by atomic mass is 35.5. The van der Waals surface area contributed by atoms with E-state index in [1.165, 1.54) is 5.56 Å². The third kappa shape index (κ3) is 5.36. The van der Waals surface area contributed by atoms with Crippen molar-refractivity contribution in [1.82, 2.24) is 9.55 Å². The number of benzene rings is 3. The highest BCUT2D eigenvalue weighted by Crippen LogP contribution is 2.21. The Morgan fingerprint density at radius 2 is 1.68 bits per heavy atom. The Labute approximate surface area is 189 Å². The van der Waals surface area contributed by atoms with Gasteiger partial charge in [0.05, 0.1) is 17.6 Å². The van der Waals surface area contributed by atoms with Crippen LogP contribution in [0.4, 0.5) is 0 Å². The van der Waals surface area contributed by atoms with E-state index in [2.05, 4.69) is 73.0 Å². The van der Waals surface area contributed by atoms with E-state index in [0.29, 0.717) is 12.5 Å². The van der Waals surface area contributed by atoms with E-state index in [0.717, 1.165) is 46.2 Å². The van der Waals surface area contributed by atoms with Crippen molar-refractivity contribution in [3.63, 3.8) is 0 Å². The SMILES string of the molecule is CC(C)c1ccc(OCCCn2c(/C=C/c3ccc(Cl)cc3)nc3ccccc32)cc1. The molecule has 0 aliphatic rings. The van der Waals surface area contributed by atoms with Crippen LogP contribution < -0.4 is 4.74 Å². The normalized spacial score (nSPS) is 11.6. The Balaban J connectivity index is 1.44. The van der Waals surface area contributed by atoms with Crippen molar-refractivity contribution in [2.45, 2.75) is 32.7 Å². The van der Waals surface area contributed by atoms with Crippen LogP contribution in [0.3, 0.4) is 0 Å². The average Bonchev–Trinajstić information content (AvgIpc) is 3.14. The van der Waals surface area contributed by atoms with Gasteiger partial charge < -0.3 is 9.30 Å². The molecule has 31 heavy (non-hydrogen) atoms. The van der Waals surface area contributed by atoms with Gasteiger partial charge in [-0.2, -0.15) is 0 Å². The van der Waals surface area contributed by atoms with Crippen LogP contribution in [0.25, 0.3) is 23.2 Å². The fourth-order valence-corrected chi connectivity index (χ4v) is 3.69. The van der Waals surface area contributed by atoms with Crippen LogP contribution in [0, 0.1) is 0 Å². The number of hydrogen-bond acceptors (Lipinski definition) is 2. The van der Waals surface area contributed by atoms with Crippen molar-refractivity contribution in [3.8, 4) is 5.75 Å². The molecule has 158 valence electrons. The van der Waals surface area contributed by atoms with Gasteiger partial charge in [-0.3, -0.25) is 0 Å². The minimum atomic E-state index is 0.530. The molecular formula is C27H27ClN2O. The molecular weight excluding hydrogens is 404 g/mol. The first-order valence-corrected chi connectivity index (χ1v) is 11.1. The smallest absolute Gasteiger partial charge is 0.133 e. The topological polar surface area (TPSA) is 27.1 Å². The summed E-state index contributed by atoms with van der Waals surface area (Å²) in [5, 5.41) is 0.739. The lowest BCUT2D eigenvalue weighted by molar-refractivity contribution is 0.302. The minimum absolute atomic E-state index is 0.530. The second-order valence-electron chi connectivity index (χ2n) is 7.92. The molecule has 0 unspecified atom stereocenters. The summed E-state index contributed by atoms with van der Waals surface area (Å²) in [6.07, 6.45) is 5.03. The van der Waals surface area contributed by atoms with Crippen LogP contribution >= 0.6 is 11.6 Å². The van der Waals surface area contributed by atoms with Gasteiger partial charge in [0.25, 0.3) is 0 Å². The number of nitrogens with zero attached hydrogens (tertiary/aromatic N) is 2. The van der Waals surface area contributed by atoms with Gasteiger partial charge in [0.15, 0.2) is 0 Å². The molecule has 0 bridgehead atoms. The van der Waals surface area contributed by atoms with Crippen molar-refractivity contribution in [2.75, 3.05) is 6.61 Å². The summed E-state index contributed by atoms with van der Waals surface area (Å²) in [6.45, 7) is 5.90. The van der Waals surface area contributed by atoms with Gasteiger partial charge in [-0.1, -0.05) is 67.9 Å². The lowest BCUT2D eigenvalue weighted by Crippen LogP contribution is -2.06. The van der Waals surface area contributed by atoms with Crippen LogP contribution in [0.1, 0.15) is 43.1 Å². The zero-order chi connectivity index (χ0) is 21.6. The molecule has 0 radical (unpaired) electrons. The Kier molecular flexibility index (Phi) is 6.73. The molecule has 4 rings (SSSR count). The van der Waals surface area contributed by atoms with Gasteiger partial charge in [-0.05, 0) is 65.9 Å². The van der Waals surface area contributed by atoms with Gasteiger partial charge in [0.1, 0.15) is 11.6 Å². The molecule has 0 saturated heterocycles. The Hall–Kier alpha value is -3.04. The average molecular weight is 431 g/mol. The molecule has 0 aliphatic heterocycles. The molecule has 0 spiro atoms. The monoisotopic (exact) mass is 430 g/mol. The Morgan fingerprint density at radius 3 is 2.42 bits per heavy atom. The Morgan fingerprint density at radius 1 is 0.935 bits per heavy atom. The predicted octanol–water partition coefficient (Wildman–Crippen LogP) is 7.45. The standard InChI is InChI=1S/C27H27ClN2O/c1-20(2)22-11-15-24(16-12-22)31-19-5-18-30-26-7-4-3-6-25(26)29-27(30)17-10-21-8-13-23(28)14-9-21/h3-4,6-17,20H,5,18-19H2,1-2H3/b17-10+. The summed E-state index contributed by atoms with van der Waals surface area (Å²) in [7, 11) is 0. The fraction of sp³-hybridized carbons (Fsp3) is 0.222. The summed E-state index contributed by atoms with van der Waals surface area (Å²) in [4.78, 5) is 4.82. The molecule has 4 aromatic rings. The zero-order valence-electron chi connectivity index (χ0n) is 18.0. The lowest BCUT2D eigenvalue weighted by atomic mass is 10.0. The number of para-hydroxylation sites is 2. The maximum absolute atomic E-state index is 5.99. The summed E-state index contributed by atoms with van der Waals surface area (Å²) in [5.41, 5.74) is 4.56. The molecule has 3 nitrogen and oxygen atoms in total. The molecule has 0 saturated carbocycles. The van der Waals surface area contributed by atoms with Gasteiger partial charge in [0, 0.05) is 11.6 Å². The summed E-state index contributed by atoms with van der Waals surface area (Å²) < 4.78 is 8.22. The van der Waals surface area contributed by atoms with Gasteiger partial charge in [-0.15, -0.1) is 0 Å². The molecule has 0 amide bonds. The van der Waals surface area contributed by atoms with Crippen LogP contribution in [0.5, 0.6) is 5.75 Å². The number of halogens is 1. The number of ether oxygens (including phenoxy) is 1. The maximum atomic E-state index is 5.99. The number of imidazole rings is 1. The van der Waals surface area contributed by atoms with Crippen LogP contribution in [0.15, 0.2) is 72.8 Å². The van der Waals surface area contributed by atoms with Gasteiger partial charge in [-0.25, -0.2) is 4.98 Å². The number of rotatable bonds is 8. The largest absolute Gasteiger partial charge is 0.494 e. The highest BCUT2D eigenvalue weighted by Gasteiger charge is 2.08. The summed E-state index contributed by atoms with van der Waals surface area (Å²) >= 11 is 5.99. The molecule has 0 N–H and O–H groups in total. The van der Waals surface area contributed by atoms with Crippen molar-refractivity contribution in [1.29, 1.82) is 0 Å². The van der Waals surface area contributed by atoms with E-state index < -0.39 is 0 Å². The van der Waals surface area contributed by atoms with E-state index in [1.54, 1.807) is 0 Å². The van der Waals surface area contributed by atoms with Crippen molar-refractivity contribution < 1.29 is 4.74 Å². The van der Waals surface area contributed by atoms with Gasteiger partial charge in [0.2, 0.25) is 0 Å². The van der Waals surface area contributed by atoms with Crippen molar-refractivity contribution >= 4 is 34.8 Å². The molecule has 4 heteroatoms. The second kappa shape index (κ2) is 9.84. The number of aromatic nitrogens is 2. The van der Waals surface area contributed by atoms with Crippen LogP contribution in [0.2, 0.25) is 5.02 Å². The van der Waals surface area contributed by atoms with E-state index in [4.69, 9.17) is 21.3 Å². The zero-order valence-corrected chi connectivity index (χ0v) is 18.7. The van der Waals surface area contributed by atoms with E-state index in [1.807, 2.05) is 30.3 Å². The second-order valence-corrected chi connectivity index (χ2v) is 8.36. The first-order valence-electron chi connectivity index (χ1n) is 10.7. The van der Waals surface area contributed by atoms with Crippen LogP contribution in [-0.2, 0) is 6.54 Å². The first kappa shape index (κ1) is 21.2. The maximum Gasteiger partial charge on any atom is 0.133 e. The van der Waals surface area contributed by atoms with Crippen LogP contribution in [-0.4, -0.2) is 16.2 Å². The minimum Gasteiger partial charge on any atom is -0.494 e. The molecule has 3 aromatic carbocycles. The molecule has 0 fully saturated rings. The van der Waals surface area contributed by atoms with E-state index in [9.17, 15) is 0 Å². The summed E-state index contributed by atoms with van der Waals surface area (Å²) in [6, 6.07) is 24.5. The molecule has 0 aliphatic carbocycles. The third-order valence-corrected chi connectivity index (χ3v) is 5.57. The number of aryl methyl sites for hydroxylation is 1. The first-order chi connectivity index (χ1) is 15.1. The van der Waals surface area contributed by atoms with E-state index in [-0.39, 0.29) is 0 Å². The lowest BCUT2D eigenvalue weighted by Gasteiger charge is -2.10. The highest BCUT2D eigenvalue weighted by molar-refractivity contribution is 6.30. The van der Waals surface area contributed by atoms with Gasteiger partial charge >= 0.3 is 0 Å². The predicted molar refractivity (Wildman–Crippen MR) is 131 cm³/mol. The number of hydrogen-bond donors (Lipinski definition) is 0.